The Morgan fingerprint density at radius 2 is 1.19 bits per heavy atom. The minimum atomic E-state index is -5.03. The van der Waals surface area contributed by atoms with Crippen molar-refractivity contribution in [2.24, 2.45) is 11.8 Å². The zero-order chi connectivity index (χ0) is 23.9. The molecule has 3 aliphatic rings. The Morgan fingerprint density at radius 1 is 0.656 bits per heavy atom. The summed E-state index contributed by atoms with van der Waals surface area (Å²) < 4.78 is 118. The summed E-state index contributed by atoms with van der Waals surface area (Å²) in [6, 6.07) is 0. The van der Waals surface area contributed by atoms with Crippen molar-refractivity contribution in [3.8, 4) is 0 Å². The van der Waals surface area contributed by atoms with Gasteiger partial charge >= 0.3 is 23.7 Å². The molecule has 0 N–H and O–H groups in total. The molecule has 3 aliphatic carbocycles. The highest BCUT2D eigenvalue weighted by molar-refractivity contribution is 5.55. The van der Waals surface area contributed by atoms with E-state index in [9.17, 15) is 35.1 Å². The van der Waals surface area contributed by atoms with Gasteiger partial charge in [0.25, 0.3) is 0 Å². The van der Waals surface area contributed by atoms with Crippen molar-refractivity contribution >= 4 is 0 Å². The van der Waals surface area contributed by atoms with Gasteiger partial charge < -0.3 is 0 Å². The molecule has 0 aliphatic heterocycles. The summed E-state index contributed by atoms with van der Waals surface area (Å²) in [6.07, 6.45) is 5.88. The smallest absolute Gasteiger partial charge is 0.194 e. The third kappa shape index (κ3) is 3.85. The van der Waals surface area contributed by atoms with Crippen LogP contribution in [0.3, 0.4) is 0 Å². The first kappa shape index (κ1) is 25.0. The molecule has 1 fully saturated rings. The number of hydrogen-bond acceptors (Lipinski definition) is 0. The first-order valence-electron chi connectivity index (χ1n) is 11.2. The van der Waals surface area contributed by atoms with E-state index in [1.54, 1.807) is 0 Å². The van der Waals surface area contributed by atoms with Gasteiger partial charge in [0.15, 0.2) is 0 Å². The largest absolute Gasteiger partial charge is 0.339 e. The first-order valence-corrected chi connectivity index (χ1v) is 11.2. The van der Waals surface area contributed by atoms with Crippen LogP contribution >= 0.6 is 0 Å². The van der Waals surface area contributed by atoms with E-state index in [2.05, 4.69) is 0 Å². The second kappa shape index (κ2) is 8.64. The lowest BCUT2D eigenvalue weighted by molar-refractivity contribution is -0.183. The molecule has 0 saturated heterocycles. The van der Waals surface area contributed by atoms with Crippen LogP contribution in [0.25, 0.3) is 0 Å². The topological polar surface area (TPSA) is 0 Å². The Balaban J connectivity index is 2.00. The fourth-order valence-corrected chi connectivity index (χ4v) is 5.09. The van der Waals surface area contributed by atoms with E-state index in [-0.39, 0.29) is 12.8 Å². The van der Waals surface area contributed by atoms with Gasteiger partial charge in [-0.1, -0.05) is 57.4 Å². The van der Waals surface area contributed by atoms with Crippen molar-refractivity contribution in [1.29, 1.82) is 0 Å². The Bertz CT molecular complexity index is 836. The van der Waals surface area contributed by atoms with Gasteiger partial charge in [-0.25, -0.2) is 0 Å². The number of allylic oxidation sites excluding steroid dienone is 8. The van der Waals surface area contributed by atoms with E-state index in [4.69, 9.17) is 0 Å². The molecular weight excluding hydrogens is 440 g/mol. The molecule has 32 heavy (non-hydrogen) atoms. The van der Waals surface area contributed by atoms with E-state index >= 15 is 0 Å². The molecule has 0 atom stereocenters. The fourth-order valence-electron chi connectivity index (χ4n) is 5.09. The van der Waals surface area contributed by atoms with E-state index in [0.29, 0.717) is 49.8 Å². The minimum Gasteiger partial charge on any atom is -0.194 e. The van der Waals surface area contributed by atoms with Gasteiger partial charge in [0.05, 0.1) is 0 Å². The normalized spacial score (nSPS) is 30.7. The van der Waals surface area contributed by atoms with E-state index in [1.165, 1.54) is 6.92 Å². The Hall–Kier alpha value is -1.60. The molecule has 0 heterocycles. The van der Waals surface area contributed by atoms with E-state index < -0.39 is 51.9 Å². The molecule has 0 aromatic rings. The van der Waals surface area contributed by atoms with Crippen molar-refractivity contribution in [1.82, 2.24) is 0 Å². The molecule has 0 unspecified atom stereocenters. The maximum absolute atomic E-state index is 15.0. The predicted molar refractivity (Wildman–Crippen MR) is 107 cm³/mol. The van der Waals surface area contributed by atoms with Gasteiger partial charge in [-0.15, -0.1) is 0 Å². The lowest BCUT2D eigenvalue weighted by Crippen LogP contribution is -2.52. The highest BCUT2D eigenvalue weighted by Gasteiger charge is 2.69. The van der Waals surface area contributed by atoms with Crippen molar-refractivity contribution in [3.05, 3.63) is 46.6 Å². The highest BCUT2D eigenvalue weighted by Crippen LogP contribution is 2.58. The lowest BCUT2D eigenvalue weighted by atomic mass is 9.71. The predicted octanol–water partition coefficient (Wildman–Crippen LogP) is 8.67. The quantitative estimate of drug-likeness (QED) is 0.342. The third-order valence-electron chi connectivity index (χ3n) is 6.90. The van der Waals surface area contributed by atoms with Crippen molar-refractivity contribution in [2.75, 3.05) is 0 Å². The number of hydrogen-bond donors (Lipinski definition) is 0. The zero-order valence-corrected chi connectivity index (χ0v) is 18.1. The average molecular weight is 468 g/mol. The molecule has 180 valence electrons. The van der Waals surface area contributed by atoms with Crippen LogP contribution in [-0.4, -0.2) is 23.7 Å². The van der Waals surface area contributed by atoms with Crippen LogP contribution < -0.4 is 0 Å². The molecular formula is C24H28F8. The molecule has 0 aromatic carbocycles. The van der Waals surface area contributed by atoms with Gasteiger partial charge in [0, 0.05) is 22.3 Å². The van der Waals surface area contributed by atoms with Gasteiger partial charge in [-0.3, -0.25) is 0 Å². The number of rotatable bonds is 6. The molecule has 0 amide bonds. The molecule has 0 spiro atoms. The molecule has 0 nitrogen and oxygen atoms in total. The summed E-state index contributed by atoms with van der Waals surface area (Å²) in [5, 5.41) is 0. The fraction of sp³-hybridized carbons (Fsp3) is 0.667. The maximum Gasteiger partial charge on any atom is 0.339 e. The number of halogens is 8. The summed E-state index contributed by atoms with van der Waals surface area (Å²) in [4.78, 5) is 0. The van der Waals surface area contributed by atoms with Gasteiger partial charge in [-0.05, 0) is 43.9 Å². The van der Waals surface area contributed by atoms with Crippen molar-refractivity contribution < 1.29 is 35.1 Å². The van der Waals surface area contributed by atoms with Crippen LogP contribution in [0, 0.1) is 11.8 Å². The van der Waals surface area contributed by atoms with Gasteiger partial charge in [0.1, 0.15) is 0 Å². The summed E-state index contributed by atoms with van der Waals surface area (Å²) >= 11 is 0. The first-order chi connectivity index (χ1) is 14.8. The second-order valence-electron chi connectivity index (χ2n) is 9.03. The molecule has 3 rings (SSSR count). The minimum absolute atomic E-state index is 0.143. The SMILES string of the molecule is CCCC1=CC=C(C2=CC=C(C3CCC(CCC)CC3)C(F)(F)C2(F)F)C(F)(F)C1(F)F. The molecule has 1 saturated carbocycles. The Labute approximate surface area is 183 Å². The highest BCUT2D eigenvalue weighted by atomic mass is 19.3. The standard InChI is InChI=1S/C24H28F8/c1-3-5-15-7-9-16(10-8-15)18-13-14-20(24(31,32)22(18,27)28)19-12-11-17(6-4-2)21(25,26)23(19,29)30/h11-16H,3-10H2,1-2H3. The molecule has 0 radical (unpaired) electrons. The third-order valence-corrected chi connectivity index (χ3v) is 6.90. The summed E-state index contributed by atoms with van der Waals surface area (Å²) in [6.45, 7) is 3.52. The maximum atomic E-state index is 15.0. The van der Waals surface area contributed by atoms with Crippen LogP contribution in [0.15, 0.2) is 46.6 Å². The summed E-state index contributed by atoms with van der Waals surface area (Å²) in [7, 11) is 0. The lowest BCUT2D eigenvalue weighted by Gasteiger charge is -2.41. The van der Waals surface area contributed by atoms with Crippen LogP contribution in [-0.2, 0) is 0 Å². The molecule has 8 heteroatoms. The van der Waals surface area contributed by atoms with Crippen LogP contribution in [0.1, 0.15) is 65.2 Å². The van der Waals surface area contributed by atoms with Crippen LogP contribution in [0.2, 0.25) is 0 Å². The van der Waals surface area contributed by atoms with Gasteiger partial charge in [0.2, 0.25) is 0 Å². The zero-order valence-electron chi connectivity index (χ0n) is 18.1. The van der Waals surface area contributed by atoms with Crippen LogP contribution in [0.5, 0.6) is 0 Å². The average Bonchev–Trinajstić information content (AvgIpc) is 2.70. The van der Waals surface area contributed by atoms with E-state index in [1.807, 2.05) is 6.92 Å². The summed E-state index contributed by atoms with van der Waals surface area (Å²) in [5.74, 6) is -20.0. The second-order valence-corrected chi connectivity index (χ2v) is 9.03. The Morgan fingerprint density at radius 3 is 1.72 bits per heavy atom. The molecule has 0 aromatic heterocycles. The van der Waals surface area contributed by atoms with Gasteiger partial charge in [-0.2, -0.15) is 35.1 Å². The van der Waals surface area contributed by atoms with Crippen molar-refractivity contribution in [3.63, 3.8) is 0 Å². The Kier molecular flexibility index (Phi) is 6.76. The monoisotopic (exact) mass is 468 g/mol. The van der Waals surface area contributed by atoms with E-state index in [0.717, 1.165) is 18.9 Å². The molecule has 0 bridgehead atoms. The summed E-state index contributed by atoms with van der Waals surface area (Å²) in [5.41, 5.74) is -5.20. The van der Waals surface area contributed by atoms with Crippen molar-refractivity contribution in [2.45, 2.75) is 88.9 Å². The van der Waals surface area contributed by atoms with Crippen LogP contribution in [0.4, 0.5) is 35.1 Å². The number of alkyl halides is 8.